The maximum Gasteiger partial charge on any atom is 0.306 e. The number of nitrogens with one attached hydrogen (secondary N) is 2. The number of ether oxygens (including phenoxy) is 1. The van der Waals surface area contributed by atoms with E-state index in [0.29, 0.717) is 70.7 Å². The van der Waals surface area contributed by atoms with E-state index in [9.17, 15) is 14.4 Å². The lowest BCUT2D eigenvalue weighted by Gasteiger charge is -2.38. The second kappa shape index (κ2) is 12.3. The Labute approximate surface area is 231 Å². The van der Waals surface area contributed by atoms with Crippen LogP contribution >= 0.6 is 11.6 Å². The molecule has 0 atom stereocenters. The third-order valence-electron chi connectivity index (χ3n) is 6.95. The molecule has 0 unspecified atom stereocenters. The Hall–Kier alpha value is -3.93. The maximum atomic E-state index is 12.9. The summed E-state index contributed by atoms with van der Waals surface area (Å²) in [5.74, 6) is -0.652. The lowest BCUT2D eigenvalue weighted by atomic mass is 9.88. The smallest absolute Gasteiger partial charge is 0.306 e. The number of anilines is 2. The SMILES string of the molecule is CCOC(=O)CCc1ccc(CCC(=O)N2CCC3(CC2)CN/C(=N\C(=O)c2nc(Cl)c(N)nc2N)N3)cc1. The van der Waals surface area contributed by atoms with Crippen LogP contribution in [0.2, 0.25) is 5.15 Å². The molecule has 3 heterocycles. The number of carbonyl (C=O) groups excluding carboxylic acids is 3. The van der Waals surface area contributed by atoms with Gasteiger partial charge in [-0.15, -0.1) is 0 Å². The van der Waals surface area contributed by atoms with Gasteiger partial charge in [0, 0.05) is 32.5 Å². The van der Waals surface area contributed by atoms with E-state index in [1.165, 1.54) is 0 Å². The Morgan fingerprint density at radius 1 is 1.05 bits per heavy atom. The lowest BCUT2D eigenvalue weighted by Crippen LogP contribution is -2.53. The molecule has 13 heteroatoms. The van der Waals surface area contributed by atoms with Gasteiger partial charge in [-0.25, -0.2) is 9.97 Å². The standard InChI is InChI=1S/C26H33ClN8O4/c1-2-39-19(37)10-8-17-5-3-16(4-6-17)7-9-18(36)35-13-11-26(12-14-35)15-30-25(34-26)33-24(38)20-22(28)32-23(29)21(27)31-20/h3-6H,2,7-15H2,1H3,(H4,28,29,32)(H2,30,33,34,38). The topological polar surface area (TPSA) is 178 Å². The molecule has 4 rings (SSSR count). The highest BCUT2D eigenvalue weighted by Crippen LogP contribution is 2.25. The largest absolute Gasteiger partial charge is 0.466 e. The van der Waals surface area contributed by atoms with Crippen molar-refractivity contribution in [1.82, 2.24) is 25.5 Å². The van der Waals surface area contributed by atoms with Crippen LogP contribution in [0.1, 0.15) is 54.2 Å². The van der Waals surface area contributed by atoms with Crippen molar-refractivity contribution in [3.05, 3.63) is 46.2 Å². The molecule has 208 valence electrons. The normalized spacial score (nSPS) is 17.1. The van der Waals surface area contributed by atoms with Crippen molar-refractivity contribution in [2.45, 2.75) is 51.0 Å². The van der Waals surface area contributed by atoms with Gasteiger partial charge in [-0.2, -0.15) is 4.99 Å². The quantitative estimate of drug-likeness (QED) is 0.348. The summed E-state index contributed by atoms with van der Waals surface area (Å²) in [7, 11) is 0. The first-order valence-corrected chi connectivity index (χ1v) is 13.3. The Kier molecular flexibility index (Phi) is 8.85. The molecular formula is C26H33ClN8O4. The first-order valence-electron chi connectivity index (χ1n) is 12.9. The van der Waals surface area contributed by atoms with Gasteiger partial charge in [-0.05, 0) is 43.7 Å². The fourth-order valence-corrected chi connectivity index (χ4v) is 4.79. The van der Waals surface area contributed by atoms with Crippen LogP contribution in [0.4, 0.5) is 11.6 Å². The Morgan fingerprint density at radius 3 is 2.33 bits per heavy atom. The number of carbonyl (C=O) groups is 3. The number of nitrogens with zero attached hydrogens (tertiary/aromatic N) is 4. The number of hydrogen-bond acceptors (Lipinski definition) is 8. The number of amides is 2. The molecule has 0 saturated carbocycles. The fourth-order valence-electron chi connectivity index (χ4n) is 4.66. The number of nitrogen functional groups attached to an aromatic ring is 2. The van der Waals surface area contributed by atoms with Gasteiger partial charge in [-0.1, -0.05) is 35.9 Å². The van der Waals surface area contributed by atoms with E-state index < -0.39 is 5.91 Å². The number of likely N-dealkylation sites (tertiary alicyclic amines) is 1. The minimum Gasteiger partial charge on any atom is -0.466 e. The minimum atomic E-state index is -0.686. The molecule has 12 nitrogen and oxygen atoms in total. The molecule has 39 heavy (non-hydrogen) atoms. The molecule has 2 amide bonds. The van der Waals surface area contributed by atoms with E-state index in [2.05, 4.69) is 25.6 Å². The molecule has 1 aromatic heterocycles. The van der Waals surface area contributed by atoms with Crippen molar-refractivity contribution in [2.75, 3.05) is 37.7 Å². The Morgan fingerprint density at radius 2 is 1.69 bits per heavy atom. The molecule has 0 aliphatic carbocycles. The third kappa shape index (κ3) is 7.14. The number of piperidine rings is 1. The molecule has 2 aliphatic rings. The summed E-state index contributed by atoms with van der Waals surface area (Å²) in [4.78, 5) is 50.6. The number of rotatable bonds is 8. The molecule has 2 saturated heterocycles. The molecule has 0 bridgehead atoms. The van der Waals surface area contributed by atoms with Crippen LogP contribution in [-0.4, -0.2) is 70.4 Å². The van der Waals surface area contributed by atoms with Crippen LogP contribution in [0.25, 0.3) is 0 Å². The van der Waals surface area contributed by atoms with Gasteiger partial charge in [0.1, 0.15) is 0 Å². The van der Waals surface area contributed by atoms with Crippen LogP contribution in [0.3, 0.4) is 0 Å². The molecule has 0 radical (unpaired) electrons. The summed E-state index contributed by atoms with van der Waals surface area (Å²) in [5.41, 5.74) is 13.0. The van der Waals surface area contributed by atoms with Gasteiger partial charge in [0.05, 0.1) is 12.1 Å². The zero-order chi connectivity index (χ0) is 28.0. The van der Waals surface area contributed by atoms with Crippen molar-refractivity contribution in [2.24, 2.45) is 4.99 Å². The zero-order valence-electron chi connectivity index (χ0n) is 21.8. The number of aromatic nitrogens is 2. The summed E-state index contributed by atoms with van der Waals surface area (Å²) in [5, 5.41) is 6.31. The molecule has 1 spiro atoms. The van der Waals surface area contributed by atoms with Gasteiger partial charge in [-0.3, -0.25) is 14.4 Å². The molecule has 6 N–H and O–H groups in total. The predicted octanol–water partition coefficient (Wildman–Crippen LogP) is 1.47. The number of nitrogens with two attached hydrogens (primary N) is 2. The molecule has 2 fully saturated rings. The number of esters is 1. The Bertz CT molecular complexity index is 1260. The fraction of sp³-hybridized carbons (Fsp3) is 0.462. The molecule has 1 aromatic carbocycles. The average molecular weight is 557 g/mol. The average Bonchev–Trinajstić information content (AvgIpc) is 3.30. The van der Waals surface area contributed by atoms with Crippen molar-refractivity contribution in [1.29, 1.82) is 0 Å². The summed E-state index contributed by atoms with van der Waals surface area (Å²) in [6, 6.07) is 8.00. The number of aliphatic imine (C=N–C) groups is 1. The van der Waals surface area contributed by atoms with E-state index in [1.807, 2.05) is 29.2 Å². The van der Waals surface area contributed by atoms with E-state index in [-0.39, 0.29) is 39.9 Å². The van der Waals surface area contributed by atoms with Crippen LogP contribution in [0.5, 0.6) is 0 Å². The van der Waals surface area contributed by atoms with E-state index in [1.54, 1.807) is 6.92 Å². The lowest BCUT2D eigenvalue weighted by molar-refractivity contribution is -0.143. The van der Waals surface area contributed by atoms with Crippen LogP contribution in [-0.2, 0) is 27.2 Å². The molecular weight excluding hydrogens is 524 g/mol. The Balaban J connectivity index is 1.23. The van der Waals surface area contributed by atoms with Gasteiger partial charge < -0.3 is 31.7 Å². The number of halogens is 1. The summed E-state index contributed by atoms with van der Waals surface area (Å²) < 4.78 is 4.96. The second-order valence-corrected chi connectivity index (χ2v) is 10.0. The maximum absolute atomic E-state index is 12.9. The van der Waals surface area contributed by atoms with Crippen LogP contribution < -0.4 is 22.1 Å². The third-order valence-corrected chi connectivity index (χ3v) is 7.22. The molecule has 2 aromatic rings. The van der Waals surface area contributed by atoms with Crippen molar-refractivity contribution in [3.63, 3.8) is 0 Å². The van der Waals surface area contributed by atoms with Crippen LogP contribution in [0.15, 0.2) is 29.3 Å². The highest BCUT2D eigenvalue weighted by atomic mass is 35.5. The monoisotopic (exact) mass is 556 g/mol. The van der Waals surface area contributed by atoms with Crippen molar-refractivity contribution >= 4 is 47.0 Å². The first kappa shape index (κ1) is 28.1. The number of benzene rings is 1. The second-order valence-electron chi connectivity index (χ2n) is 9.66. The minimum absolute atomic E-state index is 0.0588. The predicted molar refractivity (Wildman–Crippen MR) is 147 cm³/mol. The van der Waals surface area contributed by atoms with Crippen molar-refractivity contribution in [3.8, 4) is 0 Å². The van der Waals surface area contributed by atoms with Gasteiger partial charge in [0.15, 0.2) is 28.4 Å². The van der Waals surface area contributed by atoms with Crippen LogP contribution in [0, 0.1) is 0 Å². The van der Waals surface area contributed by atoms with E-state index in [0.717, 1.165) is 11.1 Å². The van der Waals surface area contributed by atoms with Crippen molar-refractivity contribution < 1.29 is 19.1 Å². The van der Waals surface area contributed by atoms with Gasteiger partial charge >= 0.3 is 11.9 Å². The summed E-state index contributed by atoms with van der Waals surface area (Å²) in [6.45, 7) is 3.97. The zero-order valence-corrected chi connectivity index (χ0v) is 22.6. The summed E-state index contributed by atoms with van der Waals surface area (Å²) in [6.07, 6.45) is 3.49. The summed E-state index contributed by atoms with van der Waals surface area (Å²) >= 11 is 5.86. The van der Waals surface area contributed by atoms with E-state index >= 15 is 0 Å². The molecule has 2 aliphatic heterocycles. The van der Waals surface area contributed by atoms with Gasteiger partial charge in [0.25, 0.3) is 0 Å². The highest BCUT2D eigenvalue weighted by Gasteiger charge is 2.40. The number of guanidine groups is 1. The number of aryl methyl sites for hydroxylation is 2. The highest BCUT2D eigenvalue weighted by molar-refractivity contribution is 6.31. The van der Waals surface area contributed by atoms with E-state index in [4.69, 9.17) is 27.8 Å². The van der Waals surface area contributed by atoms with Gasteiger partial charge in [0.2, 0.25) is 5.91 Å². The number of hydrogen-bond donors (Lipinski definition) is 4. The first-order chi connectivity index (χ1) is 18.7.